The molecular formula is C18H18ClN3O3. The SMILES string of the molecule is O=[N+]([O-])c1cc(Cl)cc(C=N[C@@H]2CC[NH+](Cc3ccccc3)C2)c1[O-]. The molecule has 0 spiro atoms. The van der Waals surface area contributed by atoms with Gasteiger partial charge in [0.25, 0.3) is 5.69 Å². The Kier molecular flexibility index (Phi) is 5.31. The number of benzene rings is 2. The number of quaternary nitrogens is 1. The highest BCUT2D eigenvalue weighted by atomic mass is 35.5. The lowest BCUT2D eigenvalue weighted by atomic mass is 10.2. The van der Waals surface area contributed by atoms with Gasteiger partial charge in [0, 0.05) is 29.3 Å². The van der Waals surface area contributed by atoms with Crippen LogP contribution in [0.25, 0.3) is 0 Å². The number of hydrogen-bond acceptors (Lipinski definition) is 4. The monoisotopic (exact) mass is 359 g/mol. The smallest absolute Gasteiger partial charge is 0.263 e. The van der Waals surface area contributed by atoms with Crippen molar-refractivity contribution < 1.29 is 14.9 Å². The molecule has 1 N–H and O–H groups in total. The molecule has 1 unspecified atom stereocenters. The second-order valence-corrected chi connectivity index (χ2v) is 6.62. The highest BCUT2D eigenvalue weighted by molar-refractivity contribution is 6.31. The molecule has 1 heterocycles. The maximum absolute atomic E-state index is 12.1. The normalized spacial score (nSPS) is 20.2. The third-order valence-corrected chi connectivity index (χ3v) is 4.55. The molecule has 130 valence electrons. The molecule has 3 rings (SSSR count). The van der Waals surface area contributed by atoms with E-state index in [2.05, 4.69) is 17.1 Å². The van der Waals surface area contributed by atoms with Crippen LogP contribution in [0.2, 0.25) is 5.02 Å². The molecule has 1 fully saturated rings. The van der Waals surface area contributed by atoms with E-state index < -0.39 is 16.4 Å². The van der Waals surface area contributed by atoms with Crippen LogP contribution in [-0.4, -0.2) is 30.3 Å². The lowest BCUT2D eigenvalue weighted by Crippen LogP contribution is -3.09. The molecule has 2 aromatic rings. The van der Waals surface area contributed by atoms with Gasteiger partial charge in [-0.15, -0.1) is 0 Å². The van der Waals surface area contributed by atoms with Crippen LogP contribution in [0.3, 0.4) is 0 Å². The Morgan fingerprint density at radius 2 is 2.08 bits per heavy atom. The van der Waals surface area contributed by atoms with Crippen molar-refractivity contribution in [3.8, 4) is 5.75 Å². The number of nitrogens with zero attached hydrogens (tertiary/aromatic N) is 2. The van der Waals surface area contributed by atoms with E-state index >= 15 is 0 Å². The predicted molar refractivity (Wildman–Crippen MR) is 94.4 cm³/mol. The Labute approximate surface area is 150 Å². The maximum atomic E-state index is 12.1. The van der Waals surface area contributed by atoms with E-state index in [1.54, 1.807) is 0 Å². The molecule has 1 saturated heterocycles. The zero-order valence-electron chi connectivity index (χ0n) is 13.5. The fraction of sp³-hybridized carbons (Fsp3) is 0.278. The molecule has 0 bridgehead atoms. The number of rotatable bonds is 5. The molecule has 0 saturated carbocycles. The highest BCUT2D eigenvalue weighted by Gasteiger charge is 2.25. The van der Waals surface area contributed by atoms with Gasteiger partial charge in [0.05, 0.1) is 11.5 Å². The summed E-state index contributed by atoms with van der Waals surface area (Å²) in [5.74, 6) is -0.648. The summed E-state index contributed by atoms with van der Waals surface area (Å²) >= 11 is 5.87. The van der Waals surface area contributed by atoms with E-state index in [-0.39, 0.29) is 16.6 Å². The van der Waals surface area contributed by atoms with Crippen molar-refractivity contribution >= 4 is 23.5 Å². The second kappa shape index (κ2) is 7.63. The summed E-state index contributed by atoms with van der Waals surface area (Å²) in [6, 6.07) is 12.9. The number of nitrogens with one attached hydrogen (secondary N) is 1. The molecule has 0 radical (unpaired) electrons. The molecule has 0 amide bonds. The maximum Gasteiger partial charge on any atom is 0.263 e. The van der Waals surface area contributed by atoms with Crippen LogP contribution in [0, 0.1) is 10.1 Å². The van der Waals surface area contributed by atoms with E-state index in [1.165, 1.54) is 22.7 Å². The summed E-state index contributed by atoms with van der Waals surface area (Å²) in [5.41, 5.74) is 0.932. The highest BCUT2D eigenvalue weighted by Crippen LogP contribution is 2.30. The summed E-state index contributed by atoms with van der Waals surface area (Å²) < 4.78 is 0. The third kappa shape index (κ3) is 4.35. The Hall–Kier alpha value is -2.44. The van der Waals surface area contributed by atoms with Crippen LogP contribution in [0.4, 0.5) is 5.69 Å². The molecule has 2 aromatic carbocycles. The number of aliphatic imine (C=N–C) groups is 1. The average Bonchev–Trinajstić information content (AvgIpc) is 3.03. The largest absolute Gasteiger partial charge is 0.867 e. The molecule has 6 nitrogen and oxygen atoms in total. The van der Waals surface area contributed by atoms with Crippen molar-refractivity contribution in [1.82, 2.24) is 0 Å². The predicted octanol–water partition coefficient (Wildman–Crippen LogP) is 1.60. The summed E-state index contributed by atoms with van der Waals surface area (Å²) in [7, 11) is 0. The van der Waals surface area contributed by atoms with Crippen LogP contribution in [0.15, 0.2) is 47.5 Å². The van der Waals surface area contributed by atoms with Gasteiger partial charge >= 0.3 is 0 Å². The summed E-state index contributed by atoms with van der Waals surface area (Å²) in [6.07, 6.45) is 2.35. The first-order chi connectivity index (χ1) is 12.0. The van der Waals surface area contributed by atoms with Gasteiger partial charge in [0.1, 0.15) is 19.1 Å². The second-order valence-electron chi connectivity index (χ2n) is 6.19. The van der Waals surface area contributed by atoms with E-state index in [0.717, 1.165) is 32.1 Å². The lowest BCUT2D eigenvalue weighted by molar-refractivity contribution is -0.901. The van der Waals surface area contributed by atoms with Gasteiger partial charge in [-0.05, 0) is 17.4 Å². The van der Waals surface area contributed by atoms with Crippen LogP contribution >= 0.6 is 11.6 Å². The zero-order valence-corrected chi connectivity index (χ0v) is 14.3. The fourth-order valence-electron chi connectivity index (χ4n) is 3.10. The van der Waals surface area contributed by atoms with Crippen molar-refractivity contribution in [2.45, 2.75) is 19.0 Å². The number of likely N-dealkylation sites (tertiary alicyclic amines) is 1. The molecule has 1 aliphatic heterocycles. The molecule has 0 aromatic heterocycles. The summed E-state index contributed by atoms with van der Waals surface area (Å²) in [6.45, 7) is 2.83. The van der Waals surface area contributed by atoms with Gasteiger partial charge in [-0.3, -0.25) is 15.1 Å². The lowest BCUT2D eigenvalue weighted by Gasteiger charge is -2.13. The standard InChI is InChI=1S/C18H18ClN3O3/c19-15-8-14(18(23)17(9-15)22(24)25)10-20-16-6-7-21(12-16)11-13-4-2-1-3-5-13/h1-5,8-10,16,23H,6-7,11-12H2/t16-/m1/s1. The number of halogens is 1. The van der Waals surface area contributed by atoms with E-state index in [9.17, 15) is 15.2 Å². The van der Waals surface area contributed by atoms with E-state index in [1.807, 2.05) is 18.2 Å². The van der Waals surface area contributed by atoms with Crippen molar-refractivity contribution in [3.05, 3.63) is 68.7 Å². The zero-order chi connectivity index (χ0) is 17.8. The molecule has 0 aliphatic carbocycles. The van der Waals surface area contributed by atoms with Crippen molar-refractivity contribution in [2.24, 2.45) is 4.99 Å². The van der Waals surface area contributed by atoms with Gasteiger partial charge in [0.15, 0.2) is 0 Å². The third-order valence-electron chi connectivity index (χ3n) is 4.34. The van der Waals surface area contributed by atoms with Gasteiger partial charge in [0.2, 0.25) is 0 Å². The molecule has 25 heavy (non-hydrogen) atoms. The Balaban J connectivity index is 1.66. The number of hydrogen-bond donors (Lipinski definition) is 1. The van der Waals surface area contributed by atoms with Crippen molar-refractivity contribution in [1.29, 1.82) is 0 Å². The summed E-state index contributed by atoms with van der Waals surface area (Å²) in [5, 5.41) is 23.1. The molecular weight excluding hydrogens is 342 g/mol. The van der Waals surface area contributed by atoms with Crippen LogP contribution < -0.4 is 10.0 Å². The first-order valence-corrected chi connectivity index (χ1v) is 8.46. The fourth-order valence-corrected chi connectivity index (χ4v) is 3.32. The van der Waals surface area contributed by atoms with Crippen molar-refractivity contribution in [3.63, 3.8) is 0 Å². The molecule has 1 aliphatic rings. The van der Waals surface area contributed by atoms with Crippen LogP contribution in [-0.2, 0) is 6.54 Å². The molecule has 7 heteroatoms. The first kappa shape index (κ1) is 17.4. The first-order valence-electron chi connectivity index (χ1n) is 8.08. The van der Waals surface area contributed by atoms with Gasteiger partial charge in [-0.1, -0.05) is 41.9 Å². The van der Waals surface area contributed by atoms with Gasteiger partial charge in [-0.25, -0.2) is 0 Å². The minimum Gasteiger partial charge on any atom is -0.867 e. The van der Waals surface area contributed by atoms with Crippen molar-refractivity contribution in [2.75, 3.05) is 13.1 Å². The Morgan fingerprint density at radius 3 is 2.80 bits per heavy atom. The van der Waals surface area contributed by atoms with Crippen LogP contribution in [0.1, 0.15) is 17.5 Å². The number of nitro benzene ring substituents is 1. The number of nitro groups is 1. The Bertz CT molecular complexity index is 796. The van der Waals surface area contributed by atoms with Crippen LogP contribution in [0.5, 0.6) is 5.75 Å². The minimum absolute atomic E-state index is 0.108. The Morgan fingerprint density at radius 1 is 1.32 bits per heavy atom. The van der Waals surface area contributed by atoms with Gasteiger partial charge < -0.3 is 10.0 Å². The molecule has 2 atom stereocenters. The van der Waals surface area contributed by atoms with Gasteiger partial charge in [-0.2, -0.15) is 0 Å². The quantitative estimate of drug-likeness (QED) is 0.500. The summed E-state index contributed by atoms with van der Waals surface area (Å²) in [4.78, 5) is 16.1. The minimum atomic E-state index is -0.715. The van der Waals surface area contributed by atoms with E-state index in [0.29, 0.717) is 0 Å². The average molecular weight is 360 g/mol. The topological polar surface area (TPSA) is 83.0 Å². The van der Waals surface area contributed by atoms with E-state index in [4.69, 9.17) is 11.6 Å².